The lowest BCUT2D eigenvalue weighted by molar-refractivity contribution is -0.118. The molecule has 1 aromatic carbocycles. The molecule has 0 radical (unpaired) electrons. The first-order chi connectivity index (χ1) is 9.02. The van der Waals surface area contributed by atoms with Crippen molar-refractivity contribution in [1.29, 1.82) is 0 Å². The minimum Gasteiger partial charge on any atom is -0.494 e. The van der Waals surface area contributed by atoms with E-state index in [2.05, 4.69) is 10.6 Å². The standard InChI is InChI=1S/C13H19N3O3/c1-3-19-12-7-10(6-11(14)8-12)13(18)16-5-4-15-9(2)17/h6-8H,3-5,14H2,1-2H3,(H,15,17)(H,16,18). The molecule has 104 valence electrons. The molecular weight excluding hydrogens is 246 g/mol. The molecule has 1 rings (SSSR count). The Morgan fingerprint density at radius 1 is 1.21 bits per heavy atom. The van der Waals surface area contributed by atoms with Crippen molar-refractivity contribution < 1.29 is 14.3 Å². The van der Waals surface area contributed by atoms with Gasteiger partial charge in [0, 0.05) is 37.3 Å². The number of carbonyl (C=O) groups excluding carboxylic acids is 2. The van der Waals surface area contributed by atoms with Crippen LogP contribution in [0.15, 0.2) is 18.2 Å². The molecule has 0 unspecified atom stereocenters. The first-order valence-electron chi connectivity index (χ1n) is 6.09. The number of rotatable bonds is 6. The Bertz CT molecular complexity index is 460. The lowest BCUT2D eigenvalue weighted by Gasteiger charge is -2.09. The molecule has 0 fully saturated rings. The van der Waals surface area contributed by atoms with Crippen molar-refractivity contribution in [2.45, 2.75) is 13.8 Å². The van der Waals surface area contributed by atoms with Crippen molar-refractivity contribution in [1.82, 2.24) is 10.6 Å². The van der Waals surface area contributed by atoms with Gasteiger partial charge in [0.15, 0.2) is 0 Å². The van der Waals surface area contributed by atoms with Crippen LogP contribution in [0.4, 0.5) is 5.69 Å². The van der Waals surface area contributed by atoms with Crippen molar-refractivity contribution in [3.05, 3.63) is 23.8 Å². The molecule has 0 aliphatic heterocycles. The highest BCUT2D eigenvalue weighted by molar-refractivity contribution is 5.95. The first kappa shape index (κ1) is 14.8. The second-order valence-electron chi connectivity index (χ2n) is 3.96. The van der Waals surface area contributed by atoms with Crippen LogP contribution in [0.25, 0.3) is 0 Å². The van der Waals surface area contributed by atoms with E-state index in [0.717, 1.165) is 0 Å². The van der Waals surface area contributed by atoms with E-state index >= 15 is 0 Å². The Balaban J connectivity index is 2.58. The molecule has 0 saturated carbocycles. The third-order valence-corrected chi connectivity index (χ3v) is 2.29. The van der Waals surface area contributed by atoms with E-state index in [-0.39, 0.29) is 11.8 Å². The molecule has 0 spiro atoms. The van der Waals surface area contributed by atoms with Crippen LogP contribution in [0.1, 0.15) is 24.2 Å². The quantitative estimate of drug-likeness (QED) is 0.517. The number of anilines is 1. The van der Waals surface area contributed by atoms with Gasteiger partial charge in [-0.1, -0.05) is 0 Å². The second kappa shape index (κ2) is 7.25. The molecule has 0 aromatic heterocycles. The minimum absolute atomic E-state index is 0.128. The summed E-state index contributed by atoms with van der Waals surface area (Å²) in [7, 11) is 0. The zero-order chi connectivity index (χ0) is 14.3. The summed E-state index contributed by atoms with van der Waals surface area (Å²) < 4.78 is 5.32. The summed E-state index contributed by atoms with van der Waals surface area (Å²) in [4.78, 5) is 22.5. The van der Waals surface area contributed by atoms with Gasteiger partial charge in [0.1, 0.15) is 5.75 Å². The van der Waals surface area contributed by atoms with Crippen LogP contribution in [0.2, 0.25) is 0 Å². The van der Waals surface area contributed by atoms with Crippen LogP contribution >= 0.6 is 0 Å². The van der Waals surface area contributed by atoms with Gasteiger partial charge in [-0.2, -0.15) is 0 Å². The minimum atomic E-state index is -0.251. The van der Waals surface area contributed by atoms with E-state index in [4.69, 9.17) is 10.5 Å². The van der Waals surface area contributed by atoms with E-state index < -0.39 is 0 Å². The fourth-order valence-corrected chi connectivity index (χ4v) is 1.52. The predicted molar refractivity (Wildman–Crippen MR) is 73.0 cm³/mol. The van der Waals surface area contributed by atoms with Gasteiger partial charge in [-0.25, -0.2) is 0 Å². The maximum Gasteiger partial charge on any atom is 0.251 e. The van der Waals surface area contributed by atoms with Gasteiger partial charge in [-0.3, -0.25) is 9.59 Å². The second-order valence-corrected chi connectivity index (χ2v) is 3.96. The van der Waals surface area contributed by atoms with Crippen LogP contribution in [0.5, 0.6) is 5.75 Å². The number of nitrogens with one attached hydrogen (secondary N) is 2. The average molecular weight is 265 g/mol. The summed E-state index contributed by atoms with van der Waals surface area (Å²) in [6, 6.07) is 4.88. The van der Waals surface area contributed by atoms with Crippen LogP contribution in [-0.2, 0) is 4.79 Å². The molecule has 4 N–H and O–H groups in total. The number of amides is 2. The number of nitrogen functional groups attached to an aromatic ring is 1. The van der Waals surface area contributed by atoms with Crippen LogP contribution < -0.4 is 21.1 Å². The van der Waals surface area contributed by atoms with Crippen LogP contribution in [-0.4, -0.2) is 31.5 Å². The predicted octanol–water partition coefficient (Wildman–Crippen LogP) is 0.533. The zero-order valence-electron chi connectivity index (χ0n) is 11.2. The highest BCUT2D eigenvalue weighted by Crippen LogP contribution is 2.18. The van der Waals surface area contributed by atoms with E-state index in [1.54, 1.807) is 18.2 Å². The SMILES string of the molecule is CCOc1cc(N)cc(C(=O)NCCNC(C)=O)c1. The van der Waals surface area contributed by atoms with Crippen molar-refractivity contribution in [3.8, 4) is 5.75 Å². The first-order valence-corrected chi connectivity index (χ1v) is 6.09. The van der Waals surface area contributed by atoms with E-state index in [0.29, 0.717) is 36.7 Å². The summed E-state index contributed by atoms with van der Waals surface area (Å²) in [5.74, 6) is 0.185. The van der Waals surface area contributed by atoms with Gasteiger partial charge in [0.2, 0.25) is 5.91 Å². The summed E-state index contributed by atoms with van der Waals surface area (Å²) in [6.07, 6.45) is 0. The molecular formula is C13H19N3O3. The van der Waals surface area contributed by atoms with Crippen molar-refractivity contribution in [2.75, 3.05) is 25.4 Å². The van der Waals surface area contributed by atoms with Gasteiger partial charge in [-0.15, -0.1) is 0 Å². The van der Waals surface area contributed by atoms with Gasteiger partial charge >= 0.3 is 0 Å². The Hall–Kier alpha value is -2.24. The summed E-state index contributed by atoms with van der Waals surface area (Å²) in [6.45, 7) is 4.54. The van der Waals surface area contributed by atoms with Gasteiger partial charge in [0.25, 0.3) is 5.91 Å². The van der Waals surface area contributed by atoms with Crippen LogP contribution in [0, 0.1) is 0 Å². The molecule has 0 atom stereocenters. The molecule has 0 heterocycles. The number of hydrogen-bond acceptors (Lipinski definition) is 4. The number of nitrogens with two attached hydrogens (primary N) is 1. The lowest BCUT2D eigenvalue weighted by Crippen LogP contribution is -2.33. The third-order valence-electron chi connectivity index (χ3n) is 2.29. The molecule has 6 heteroatoms. The molecule has 0 aliphatic rings. The van der Waals surface area contributed by atoms with Gasteiger partial charge in [-0.05, 0) is 19.1 Å². The molecule has 0 bridgehead atoms. The fraction of sp³-hybridized carbons (Fsp3) is 0.385. The molecule has 0 saturated heterocycles. The molecule has 0 aliphatic carbocycles. The van der Waals surface area contributed by atoms with E-state index in [1.807, 2.05) is 6.92 Å². The smallest absolute Gasteiger partial charge is 0.251 e. The van der Waals surface area contributed by atoms with Crippen molar-refractivity contribution >= 4 is 17.5 Å². The summed E-state index contributed by atoms with van der Waals surface area (Å²) in [5.41, 5.74) is 6.61. The molecule has 6 nitrogen and oxygen atoms in total. The fourth-order valence-electron chi connectivity index (χ4n) is 1.52. The normalized spacial score (nSPS) is 9.79. The number of carbonyl (C=O) groups is 2. The van der Waals surface area contributed by atoms with Crippen molar-refractivity contribution in [2.24, 2.45) is 0 Å². The van der Waals surface area contributed by atoms with Crippen LogP contribution in [0.3, 0.4) is 0 Å². The third kappa shape index (κ3) is 5.29. The topological polar surface area (TPSA) is 93.4 Å². The highest BCUT2D eigenvalue weighted by Gasteiger charge is 2.08. The monoisotopic (exact) mass is 265 g/mol. The Morgan fingerprint density at radius 3 is 2.53 bits per heavy atom. The van der Waals surface area contributed by atoms with Gasteiger partial charge < -0.3 is 21.1 Å². The largest absolute Gasteiger partial charge is 0.494 e. The van der Waals surface area contributed by atoms with Crippen molar-refractivity contribution in [3.63, 3.8) is 0 Å². The maximum absolute atomic E-state index is 11.9. The number of benzene rings is 1. The maximum atomic E-state index is 11.9. The average Bonchev–Trinajstić information content (AvgIpc) is 2.34. The summed E-state index contributed by atoms with van der Waals surface area (Å²) >= 11 is 0. The Labute approximate surface area is 112 Å². The summed E-state index contributed by atoms with van der Waals surface area (Å²) in [5, 5.41) is 5.28. The van der Waals surface area contributed by atoms with Gasteiger partial charge in [0.05, 0.1) is 6.61 Å². The van der Waals surface area contributed by atoms with E-state index in [1.165, 1.54) is 6.92 Å². The zero-order valence-corrected chi connectivity index (χ0v) is 11.2. The van der Waals surface area contributed by atoms with E-state index in [9.17, 15) is 9.59 Å². The Kier molecular flexibility index (Phi) is 5.66. The number of hydrogen-bond donors (Lipinski definition) is 3. The Morgan fingerprint density at radius 2 is 1.89 bits per heavy atom. The highest BCUT2D eigenvalue weighted by atomic mass is 16.5. The molecule has 1 aromatic rings. The molecule has 19 heavy (non-hydrogen) atoms. The number of ether oxygens (including phenoxy) is 1. The lowest BCUT2D eigenvalue weighted by atomic mass is 10.1. The molecule has 2 amide bonds.